The van der Waals surface area contributed by atoms with Crippen molar-refractivity contribution in [2.45, 2.75) is 6.92 Å². The van der Waals surface area contributed by atoms with Crippen LogP contribution in [0.1, 0.15) is 10.4 Å². The molecule has 0 saturated carbocycles. The van der Waals surface area contributed by atoms with Gasteiger partial charge in [-0.3, -0.25) is 18.2 Å². The van der Waals surface area contributed by atoms with Crippen molar-refractivity contribution in [1.29, 1.82) is 0 Å². The average molecular weight is 417 g/mol. The normalized spacial score (nSPS) is 16.0. The maximum absolute atomic E-state index is 13.5. The van der Waals surface area contributed by atoms with E-state index in [4.69, 9.17) is 11.6 Å². The molecular weight excluding hydrogens is 392 g/mol. The second-order valence-corrected chi connectivity index (χ2v) is 9.03. The lowest BCUT2D eigenvalue weighted by atomic mass is 10.2. The Labute approximate surface area is 174 Å². The molecule has 2 aromatic carbocycles. The number of carbonyl (C=O) groups is 1. The monoisotopic (exact) mass is 416 g/mol. The van der Waals surface area contributed by atoms with Crippen molar-refractivity contribution in [3.8, 4) is 0 Å². The number of likely N-dealkylation sites (N-methyl/N-ethyl adjacent to an activating group) is 1. The molecule has 0 spiro atoms. The van der Waals surface area contributed by atoms with E-state index in [0.29, 0.717) is 11.6 Å². The summed E-state index contributed by atoms with van der Waals surface area (Å²) in [6.45, 7) is 6.20. The van der Waals surface area contributed by atoms with Crippen molar-refractivity contribution < 1.29 is 4.79 Å². The Morgan fingerprint density at radius 3 is 2.43 bits per heavy atom. The number of aryl methyl sites for hydroxylation is 2. The van der Waals surface area contributed by atoms with E-state index < -0.39 is 0 Å². The maximum atomic E-state index is 13.5. The second-order valence-electron chi connectivity index (χ2n) is 7.46. The Hall–Kier alpha value is -1.86. The first-order valence-corrected chi connectivity index (χ1v) is 10.6. The van der Waals surface area contributed by atoms with Gasteiger partial charge in [-0.05, 0) is 43.8 Å². The first-order chi connectivity index (χ1) is 13.4. The second kappa shape index (κ2) is 7.87. The van der Waals surface area contributed by atoms with Crippen LogP contribution in [0.5, 0.6) is 0 Å². The zero-order valence-corrected chi connectivity index (χ0v) is 18.1. The molecule has 1 aromatic heterocycles. The molecule has 0 unspecified atom stereocenters. The summed E-state index contributed by atoms with van der Waals surface area (Å²) < 4.78 is 5.00. The molecule has 2 heterocycles. The van der Waals surface area contributed by atoms with Gasteiger partial charge in [-0.15, -0.1) is 0 Å². The van der Waals surface area contributed by atoms with Crippen LogP contribution in [0.15, 0.2) is 36.4 Å². The van der Waals surface area contributed by atoms with Gasteiger partial charge in [-0.1, -0.05) is 35.3 Å². The molecule has 28 heavy (non-hydrogen) atoms. The number of benzene rings is 2. The van der Waals surface area contributed by atoms with Crippen molar-refractivity contribution in [3.05, 3.63) is 47.0 Å². The number of para-hydroxylation sites is 2. The summed E-state index contributed by atoms with van der Waals surface area (Å²) in [6, 6.07) is 12.1. The fourth-order valence-electron chi connectivity index (χ4n) is 3.68. The fraction of sp³-hybridized carbons (Fsp3) is 0.381. The van der Waals surface area contributed by atoms with Crippen LogP contribution in [0.4, 0.5) is 0 Å². The van der Waals surface area contributed by atoms with Gasteiger partial charge in [0.05, 0.1) is 27.8 Å². The third-order valence-electron chi connectivity index (χ3n) is 5.38. The van der Waals surface area contributed by atoms with Crippen LogP contribution in [0, 0.1) is 6.92 Å². The molecule has 3 aromatic rings. The zero-order chi connectivity index (χ0) is 19.8. The lowest BCUT2D eigenvalue weighted by Gasteiger charge is -2.31. The summed E-state index contributed by atoms with van der Waals surface area (Å²) in [5.74, 6) is 0.0778. The molecule has 1 saturated heterocycles. The quantitative estimate of drug-likeness (QED) is 0.628. The molecule has 7 heteroatoms. The molecule has 4 rings (SSSR count). The standard InChI is InChI=1S/C21H25ClN4OS/c1-15-12-20-19(13-16(15)22)26(18-7-5-4-6-17(18)24(3)28-20)21(27)14-25-10-8-23(2)9-11-25/h4-7,12-13H,8-11,14H2,1-3H3. The number of halogens is 1. The van der Waals surface area contributed by atoms with Crippen molar-refractivity contribution in [3.63, 3.8) is 0 Å². The minimum Gasteiger partial charge on any atom is -0.304 e. The predicted molar refractivity (Wildman–Crippen MR) is 118 cm³/mol. The number of aromatic nitrogens is 2. The highest BCUT2D eigenvalue weighted by atomic mass is 35.5. The summed E-state index contributed by atoms with van der Waals surface area (Å²) in [4.78, 5) is 18.1. The minimum atomic E-state index is 0.0778. The van der Waals surface area contributed by atoms with Crippen LogP contribution in [0.25, 0.3) is 21.3 Å². The average Bonchev–Trinajstić information content (AvgIpc) is 2.78. The van der Waals surface area contributed by atoms with Crippen molar-refractivity contribution >= 4 is 50.3 Å². The number of hydrogen-bond acceptors (Lipinski definition) is 4. The highest BCUT2D eigenvalue weighted by Gasteiger charge is 2.20. The van der Waals surface area contributed by atoms with Crippen molar-refractivity contribution in [2.24, 2.45) is 7.05 Å². The fourth-order valence-corrected chi connectivity index (χ4v) is 4.85. The molecule has 148 valence electrons. The van der Waals surface area contributed by atoms with Gasteiger partial charge >= 0.3 is 0 Å². The number of hydrogen-bond donors (Lipinski definition) is 0. The van der Waals surface area contributed by atoms with E-state index in [1.54, 1.807) is 11.5 Å². The van der Waals surface area contributed by atoms with Gasteiger partial charge in [0.15, 0.2) is 0 Å². The van der Waals surface area contributed by atoms with Gasteiger partial charge in [0.1, 0.15) is 0 Å². The number of piperazine rings is 1. The van der Waals surface area contributed by atoms with Gasteiger partial charge in [-0.25, -0.2) is 0 Å². The zero-order valence-electron chi connectivity index (χ0n) is 16.5. The summed E-state index contributed by atoms with van der Waals surface area (Å²) in [6.07, 6.45) is 0. The van der Waals surface area contributed by atoms with Crippen LogP contribution >= 0.6 is 23.1 Å². The van der Waals surface area contributed by atoms with Crippen molar-refractivity contribution in [2.75, 3.05) is 39.8 Å². The molecule has 1 aliphatic rings. The summed E-state index contributed by atoms with van der Waals surface area (Å²) in [5, 5.41) is 0.679. The third-order valence-corrected chi connectivity index (χ3v) is 6.78. The number of fused-ring (bicyclic) bond motifs is 2. The molecule has 0 bridgehead atoms. The molecule has 0 atom stereocenters. The van der Waals surface area contributed by atoms with Gasteiger partial charge in [0.25, 0.3) is 0 Å². The predicted octanol–water partition coefficient (Wildman–Crippen LogP) is 4.17. The first-order valence-electron chi connectivity index (χ1n) is 9.49. The largest absolute Gasteiger partial charge is 0.304 e. The third kappa shape index (κ3) is 3.70. The van der Waals surface area contributed by atoms with Crippen LogP contribution in [-0.2, 0) is 7.05 Å². The highest BCUT2D eigenvalue weighted by molar-refractivity contribution is 7.13. The van der Waals surface area contributed by atoms with E-state index in [1.165, 1.54) is 0 Å². The molecule has 0 radical (unpaired) electrons. The van der Waals surface area contributed by atoms with E-state index in [0.717, 1.165) is 53.0 Å². The molecule has 5 nitrogen and oxygen atoms in total. The molecule has 0 aliphatic carbocycles. The van der Waals surface area contributed by atoms with Crippen LogP contribution < -0.4 is 0 Å². The molecular formula is C21H25ClN4OS. The van der Waals surface area contributed by atoms with Crippen LogP contribution in [0.2, 0.25) is 5.02 Å². The lowest BCUT2D eigenvalue weighted by molar-refractivity contribution is 0.0806. The first kappa shape index (κ1) is 19.5. The van der Waals surface area contributed by atoms with Crippen LogP contribution in [-0.4, -0.2) is 64.0 Å². The minimum absolute atomic E-state index is 0.0778. The van der Waals surface area contributed by atoms with E-state index >= 15 is 0 Å². The number of rotatable bonds is 2. The van der Waals surface area contributed by atoms with E-state index in [2.05, 4.69) is 32.9 Å². The highest BCUT2D eigenvalue weighted by Crippen LogP contribution is 2.28. The Bertz CT molecular complexity index is 1090. The van der Waals surface area contributed by atoms with Gasteiger partial charge < -0.3 is 4.90 Å². The van der Waals surface area contributed by atoms with Gasteiger partial charge in [0.2, 0.25) is 5.91 Å². The molecule has 0 amide bonds. The SMILES string of the molecule is Cc1cc2sn(C)c3ccccc3n(C(=O)CN3CCN(C)CC3)c2cc1Cl. The smallest absolute Gasteiger partial charge is 0.245 e. The van der Waals surface area contributed by atoms with Crippen LogP contribution in [0.3, 0.4) is 0 Å². The molecule has 0 N–H and O–H groups in total. The van der Waals surface area contributed by atoms with Gasteiger partial charge in [0, 0.05) is 38.2 Å². The Balaban J connectivity index is 1.92. The number of carbonyl (C=O) groups excluding carboxylic acids is 1. The van der Waals surface area contributed by atoms with Crippen molar-refractivity contribution in [1.82, 2.24) is 18.3 Å². The summed E-state index contributed by atoms with van der Waals surface area (Å²) in [5.41, 5.74) is 3.79. The summed E-state index contributed by atoms with van der Waals surface area (Å²) in [7, 11) is 4.16. The number of nitrogens with zero attached hydrogens (tertiary/aromatic N) is 4. The van der Waals surface area contributed by atoms with E-state index in [9.17, 15) is 4.79 Å². The van der Waals surface area contributed by atoms with Gasteiger partial charge in [-0.2, -0.15) is 0 Å². The Morgan fingerprint density at radius 1 is 1.04 bits per heavy atom. The molecule has 1 fully saturated rings. The Kier molecular flexibility index (Phi) is 5.47. The summed E-state index contributed by atoms with van der Waals surface area (Å²) >= 11 is 8.09. The maximum Gasteiger partial charge on any atom is 0.245 e. The topological polar surface area (TPSA) is 33.4 Å². The molecule has 1 aliphatic heterocycles. The lowest BCUT2D eigenvalue weighted by Crippen LogP contribution is -2.46. The van der Waals surface area contributed by atoms with E-state index in [-0.39, 0.29) is 5.91 Å². The Morgan fingerprint density at radius 2 is 1.71 bits per heavy atom. The van der Waals surface area contributed by atoms with E-state index in [1.807, 2.05) is 42.8 Å².